The van der Waals surface area contributed by atoms with Crippen molar-refractivity contribution in [3.05, 3.63) is 35.9 Å². The van der Waals surface area contributed by atoms with Crippen molar-refractivity contribution in [2.45, 2.75) is 38.0 Å². The van der Waals surface area contributed by atoms with Gasteiger partial charge in [0.05, 0.1) is 12.1 Å². The van der Waals surface area contributed by atoms with Gasteiger partial charge in [0.1, 0.15) is 0 Å². The molecule has 0 saturated carbocycles. The van der Waals surface area contributed by atoms with Gasteiger partial charge in [-0.05, 0) is 24.8 Å². The van der Waals surface area contributed by atoms with Crippen molar-refractivity contribution in [3.8, 4) is 0 Å². The maximum absolute atomic E-state index is 11.1. The summed E-state index contributed by atoms with van der Waals surface area (Å²) in [5.41, 5.74) is 1.27. The van der Waals surface area contributed by atoms with Crippen molar-refractivity contribution >= 4 is 6.09 Å². The molecule has 2 saturated heterocycles. The summed E-state index contributed by atoms with van der Waals surface area (Å²) in [7, 11) is 0. The monoisotopic (exact) mass is 304 g/mol. The Morgan fingerprint density at radius 2 is 2.09 bits per heavy atom. The second kappa shape index (κ2) is 7.11. The van der Waals surface area contributed by atoms with Crippen molar-refractivity contribution < 1.29 is 14.6 Å². The van der Waals surface area contributed by atoms with Crippen molar-refractivity contribution in [1.82, 2.24) is 10.2 Å². The Balaban J connectivity index is 1.66. The van der Waals surface area contributed by atoms with Crippen molar-refractivity contribution in [1.29, 1.82) is 0 Å². The van der Waals surface area contributed by atoms with Crippen LogP contribution in [0.4, 0.5) is 4.79 Å². The Morgan fingerprint density at radius 1 is 1.27 bits per heavy atom. The Kier molecular flexibility index (Phi) is 4.95. The van der Waals surface area contributed by atoms with E-state index in [1.54, 1.807) is 0 Å². The first kappa shape index (κ1) is 15.3. The predicted octanol–water partition coefficient (Wildman–Crippen LogP) is 2.32. The van der Waals surface area contributed by atoms with Crippen LogP contribution < -0.4 is 5.32 Å². The number of carboxylic acid groups (broad SMARTS) is 1. The molecule has 1 aromatic carbocycles. The number of ether oxygens (including phenoxy) is 1. The lowest BCUT2D eigenvalue weighted by atomic mass is 9.91. The van der Waals surface area contributed by atoms with Crippen molar-refractivity contribution in [2.75, 3.05) is 19.7 Å². The van der Waals surface area contributed by atoms with Gasteiger partial charge in [-0.3, -0.25) is 4.90 Å². The highest BCUT2D eigenvalue weighted by Gasteiger charge is 2.39. The zero-order valence-corrected chi connectivity index (χ0v) is 12.8. The molecular formula is C17H24N2O3. The molecular weight excluding hydrogens is 280 g/mol. The second-order valence-corrected chi connectivity index (χ2v) is 6.30. The van der Waals surface area contributed by atoms with Gasteiger partial charge in [0.25, 0.3) is 0 Å². The lowest BCUT2D eigenvalue weighted by Gasteiger charge is -2.31. The lowest BCUT2D eigenvalue weighted by molar-refractivity contribution is -0.0234. The van der Waals surface area contributed by atoms with Crippen LogP contribution in [0.15, 0.2) is 30.3 Å². The Hall–Kier alpha value is -1.59. The van der Waals surface area contributed by atoms with Crippen LogP contribution in [-0.4, -0.2) is 47.9 Å². The van der Waals surface area contributed by atoms with E-state index < -0.39 is 6.09 Å². The standard InChI is InChI=1S/C17H24N2O3/c20-17(21)18-15-12-19(10-13-6-2-1-3-7-13)11-14(15)16-8-4-5-9-22-16/h1-3,6-7,14-16,18H,4-5,8-12H2,(H,20,21)/t14-,15-,16?/m1/s1. The van der Waals surface area contributed by atoms with Crippen LogP contribution in [0.3, 0.4) is 0 Å². The summed E-state index contributed by atoms with van der Waals surface area (Å²) < 4.78 is 5.91. The van der Waals surface area contributed by atoms with E-state index in [9.17, 15) is 4.79 Å². The first-order valence-corrected chi connectivity index (χ1v) is 8.10. The summed E-state index contributed by atoms with van der Waals surface area (Å²) in [5, 5.41) is 11.8. The summed E-state index contributed by atoms with van der Waals surface area (Å²) >= 11 is 0. The van der Waals surface area contributed by atoms with E-state index in [1.807, 2.05) is 18.2 Å². The van der Waals surface area contributed by atoms with Gasteiger partial charge >= 0.3 is 6.09 Å². The summed E-state index contributed by atoms with van der Waals surface area (Å²) in [5.74, 6) is 0.250. The fourth-order valence-electron chi connectivity index (χ4n) is 3.68. The number of nitrogens with zero attached hydrogens (tertiary/aromatic N) is 1. The molecule has 2 heterocycles. The van der Waals surface area contributed by atoms with Gasteiger partial charge in [0, 0.05) is 32.2 Å². The third kappa shape index (κ3) is 3.78. The molecule has 22 heavy (non-hydrogen) atoms. The van der Waals surface area contributed by atoms with E-state index in [1.165, 1.54) is 12.0 Å². The number of likely N-dealkylation sites (tertiary alicyclic amines) is 1. The van der Waals surface area contributed by atoms with Gasteiger partial charge in [0.2, 0.25) is 0 Å². The largest absolute Gasteiger partial charge is 0.465 e. The first-order chi connectivity index (χ1) is 10.7. The van der Waals surface area contributed by atoms with Crippen LogP contribution in [0.1, 0.15) is 24.8 Å². The Labute approximate surface area is 131 Å². The molecule has 2 fully saturated rings. The molecule has 0 aliphatic carbocycles. The molecule has 0 bridgehead atoms. The fourth-order valence-corrected chi connectivity index (χ4v) is 3.68. The fraction of sp³-hybridized carbons (Fsp3) is 0.588. The second-order valence-electron chi connectivity index (χ2n) is 6.30. The van der Waals surface area contributed by atoms with Crippen molar-refractivity contribution in [3.63, 3.8) is 0 Å². The quantitative estimate of drug-likeness (QED) is 0.896. The third-order valence-electron chi connectivity index (χ3n) is 4.69. The molecule has 120 valence electrons. The summed E-state index contributed by atoms with van der Waals surface area (Å²) in [4.78, 5) is 13.4. The molecule has 3 atom stereocenters. The topological polar surface area (TPSA) is 61.8 Å². The van der Waals surface area contributed by atoms with Gasteiger partial charge in [-0.15, -0.1) is 0 Å². The highest BCUT2D eigenvalue weighted by Crippen LogP contribution is 2.29. The van der Waals surface area contributed by atoms with E-state index in [4.69, 9.17) is 9.84 Å². The molecule has 1 amide bonds. The molecule has 2 N–H and O–H groups in total. The Morgan fingerprint density at radius 3 is 2.77 bits per heavy atom. The summed E-state index contributed by atoms with van der Waals surface area (Å²) in [6.07, 6.45) is 2.59. The minimum Gasteiger partial charge on any atom is -0.465 e. The average molecular weight is 304 g/mol. The van der Waals surface area contributed by atoms with Crippen LogP contribution in [0.2, 0.25) is 0 Å². The highest BCUT2D eigenvalue weighted by molar-refractivity contribution is 5.65. The summed E-state index contributed by atoms with van der Waals surface area (Å²) in [6.45, 7) is 3.32. The van der Waals surface area contributed by atoms with Crippen molar-refractivity contribution in [2.24, 2.45) is 5.92 Å². The van der Waals surface area contributed by atoms with E-state index in [0.29, 0.717) is 0 Å². The summed E-state index contributed by atoms with van der Waals surface area (Å²) in [6, 6.07) is 10.3. The number of amides is 1. The zero-order chi connectivity index (χ0) is 15.4. The molecule has 5 heteroatoms. The van der Waals surface area contributed by atoms with Gasteiger partial charge in [-0.25, -0.2) is 4.79 Å². The molecule has 2 aliphatic rings. The number of nitrogens with one attached hydrogen (secondary N) is 1. The SMILES string of the molecule is O=C(O)N[C@@H]1CN(Cc2ccccc2)C[C@H]1C1CCCCO1. The average Bonchev–Trinajstić information content (AvgIpc) is 2.91. The molecule has 2 aliphatic heterocycles. The highest BCUT2D eigenvalue weighted by atomic mass is 16.5. The van der Waals surface area contributed by atoms with E-state index in [-0.39, 0.29) is 18.1 Å². The minimum atomic E-state index is -0.938. The maximum Gasteiger partial charge on any atom is 0.404 e. The molecule has 3 rings (SSSR count). The van der Waals surface area contributed by atoms with Gasteiger partial charge < -0.3 is 15.2 Å². The molecule has 0 aromatic heterocycles. The van der Waals surface area contributed by atoms with Gasteiger partial charge in [0.15, 0.2) is 0 Å². The number of hydrogen-bond donors (Lipinski definition) is 2. The molecule has 1 aromatic rings. The number of benzene rings is 1. The van der Waals surface area contributed by atoms with Crippen LogP contribution >= 0.6 is 0 Å². The predicted molar refractivity (Wildman–Crippen MR) is 83.7 cm³/mol. The van der Waals surface area contributed by atoms with Gasteiger partial charge in [-0.2, -0.15) is 0 Å². The molecule has 5 nitrogen and oxygen atoms in total. The maximum atomic E-state index is 11.1. The van der Waals surface area contributed by atoms with E-state index in [2.05, 4.69) is 22.3 Å². The van der Waals surface area contributed by atoms with E-state index >= 15 is 0 Å². The third-order valence-corrected chi connectivity index (χ3v) is 4.69. The molecule has 0 spiro atoms. The van der Waals surface area contributed by atoms with Crippen LogP contribution in [0.25, 0.3) is 0 Å². The smallest absolute Gasteiger partial charge is 0.404 e. The first-order valence-electron chi connectivity index (χ1n) is 8.10. The lowest BCUT2D eigenvalue weighted by Crippen LogP contribution is -2.45. The van der Waals surface area contributed by atoms with Gasteiger partial charge in [-0.1, -0.05) is 30.3 Å². The minimum absolute atomic E-state index is 0.0377. The number of rotatable bonds is 4. The molecule has 0 radical (unpaired) electrons. The number of hydrogen-bond acceptors (Lipinski definition) is 3. The molecule has 1 unspecified atom stereocenters. The Bertz CT molecular complexity index is 488. The van der Waals surface area contributed by atoms with Crippen LogP contribution in [0.5, 0.6) is 0 Å². The van der Waals surface area contributed by atoms with Crippen LogP contribution in [0, 0.1) is 5.92 Å². The number of carbonyl (C=O) groups is 1. The normalized spacial score (nSPS) is 29.4. The van der Waals surface area contributed by atoms with E-state index in [0.717, 1.165) is 39.1 Å². The zero-order valence-electron chi connectivity index (χ0n) is 12.8. The van der Waals surface area contributed by atoms with Crippen LogP contribution in [-0.2, 0) is 11.3 Å².